The van der Waals surface area contributed by atoms with Gasteiger partial charge in [-0.1, -0.05) is 31.3 Å². The van der Waals surface area contributed by atoms with Crippen molar-refractivity contribution in [2.24, 2.45) is 0 Å². The molecule has 174 valence electrons. The van der Waals surface area contributed by atoms with Crippen LogP contribution in [0.3, 0.4) is 0 Å². The fraction of sp³-hybridized carbons (Fsp3) is 0.333. The molecular formula is C21H21ClF5N3OS. The number of nitrogens with zero attached hydrogens (tertiary/aromatic N) is 3. The Kier molecular flexibility index (Phi) is 8.55. The number of likely N-dealkylation sites (N-methyl/N-ethyl adjacent to an activating group) is 1. The topological polar surface area (TPSA) is 36.4 Å². The number of carbonyl (C=O) groups is 1. The van der Waals surface area contributed by atoms with Gasteiger partial charge in [-0.25, -0.2) is 13.8 Å². The monoisotopic (exact) mass is 493 g/mol. The largest absolute Gasteiger partial charge is 0.416 e. The lowest BCUT2D eigenvalue weighted by molar-refractivity contribution is -0.137. The maximum atomic E-state index is 14.1. The second-order valence-corrected chi connectivity index (χ2v) is 7.80. The van der Waals surface area contributed by atoms with Gasteiger partial charge in [-0.3, -0.25) is 9.69 Å². The van der Waals surface area contributed by atoms with E-state index in [-0.39, 0.29) is 39.9 Å². The maximum absolute atomic E-state index is 14.1. The van der Waals surface area contributed by atoms with Crippen LogP contribution in [0.15, 0.2) is 36.4 Å². The molecule has 2 aromatic carbocycles. The molecule has 11 heteroatoms. The number of alkyl halides is 3. The fourth-order valence-corrected chi connectivity index (χ4v) is 4.14. The number of rotatable bonds is 7. The lowest BCUT2D eigenvalue weighted by Gasteiger charge is -2.25. The zero-order chi connectivity index (χ0) is 22.8. The van der Waals surface area contributed by atoms with E-state index in [0.717, 1.165) is 35.6 Å². The van der Waals surface area contributed by atoms with Gasteiger partial charge in [0.2, 0.25) is 0 Å². The van der Waals surface area contributed by atoms with Crippen LogP contribution in [0.4, 0.5) is 27.1 Å². The number of amides is 1. The van der Waals surface area contributed by atoms with E-state index in [2.05, 4.69) is 4.98 Å². The predicted octanol–water partition coefficient (Wildman–Crippen LogP) is 6.00. The minimum atomic E-state index is -4.60. The number of carbonyl (C=O) groups excluding carboxylic acids is 1. The van der Waals surface area contributed by atoms with Crippen molar-refractivity contribution in [2.45, 2.75) is 20.0 Å². The van der Waals surface area contributed by atoms with Crippen LogP contribution in [-0.2, 0) is 6.18 Å². The Balaban J connectivity index is 0.00000363. The van der Waals surface area contributed by atoms with Crippen molar-refractivity contribution in [1.82, 2.24) is 9.88 Å². The van der Waals surface area contributed by atoms with Gasteiger partial charge in [-0.2, -0.15) is 13.2 Å². The molecule has 0 spiro atoms. The van der Waals surface area contributed by atoms with E-state index < -0.39 is 29.3 Å². The number of benzene rings is 2. The first kappa shape index (κ1) is 26.0. The molecule has 32 heavy (non-hydrogen) atoms. The van der Waals surface area contributed by atoms with Crippen LogP contribution in [0.1, 0.15) is 29.8 Å². The predicted molar refractivity (Wildman–Crippen MR) is 118 cm³/mol. The first-order valence-corrected chi connectivity index (χ1v) is 10.4. The van der Waals surface area contributed by atoms with Crippen molar-refractivity contribution in [3.8, 4) is 0 Å². The molecule has 0 atom stereocenters. The Bertz CT molecular complexity index is 1080. The first-order valence-electron chi connectivity index (χ1n) is 9.61. The van der Waals surface area contributed by atoms with E-state index in [4.69, 9.17) is 0 Å². The molecule has 0 fully saturated rings. The van der Waals surface area contributed by atoms with E-state index in [1.165, 1.54) is 11.0 Å². The standard InChI is InChI=1S/C21H20F5N3OS.ClH/c1-3-28(4-2)8-9-29(19(30)13-6-5-7-14(10-13)21(24,25)26)20-27-18-16(23)11-15(22)12-17(18)31-20;/h5-7,10-12H,3-4,8-9H2,1-2H3;1H. The van der Waals surface area contributed by atoms with Crippen molar-refractivity contribution in [3.63, 3.8) is 0 Å². The van der Waals surface area contributed by atoms with E-state index in [1.807, 2.05) is 18.7 Å². The third kappa shape index (κ3) is 5.73. The Morgan fingerprint density at radius 3 is 2.38 bits per heavy atom. The molecule has 0 bridgehead atoms. The minimum absolute atomic E-state index is 0. The third-order valence-electron chi connectivity index (χ3n) is 4.85. The summed E-state index contributed by atoms with van der Waals surface area (Å²) in [6.45, 7) is 5.87. The molecule has 1 amide bonds. The summed E-state index contributed by atoms with van der Waals surface area (Å²) in [5, 5.41) is 0.0917. The highest BCUT2D eigenvalue weighted by molar-refractivity contribution is 7.22. The van der Waals surface area contributed by atoms with Crippen molar-refractivity contribution >= 4 is 45.0 Å². The molecule has 0 N–H and O–H groups in total. The van der Waals surface area contributed by atoms with Gasteiger partial charge in [0.05, 0.1) is 10.3 Å². The zero-order valence-corrected chi connectivity index (χ0v) is 18.9. The number of fused-ring (bicyclic) bond motifs is 1. The lowest BCUT2D eigenvalue weighted by atomic mass is 10.1. The molecule has 0 saturated carbocycles. The molecule has 0 radical (unpaired) electrons. The molecule has 0 aliphatic rings. The molecule has 3 rings (SSSR count). The summed E-state index contributed by atoms with van der Waals surface area (Å²) in [4.78, 5) is 20.6. The van der Waals surface area contributed by atoms with E-state index >= 15 is 0 Å². The number of hydrogen-bond acceptors (Lipinski definition) is 4. The number of halogens is 6. The molecule has 1 aromatic heterocycles. The van der Waals surface area contributed by atoms with Gasteiger partial charge in [0.15, 0.2) is 10.9 Å². The van der Waals surface area contributed by atoms with Gasteiger partial charge >= 0.3 is 6.18 Å². The lowest BCUT2D eigenvalue weighted by Crippen LogP contribution is -2.39. The fourth-order valence-electron chi connectivity index (χ4n) is 3.11. The maximum Gasteiger partial charge on any atom is 0.416 e. The van der Waals surface area contributed by atoms with Crippen molar-refractivity contribution < 1.29 is 26.7 Å². The van der Waals surface area contributed by atoms with Crippen LogP contribution in [0.2, 0.25) is 0 Å². The summed E-state index contributed by atoms with van der Waals surface area (Å²) < 4.78 is 67.2. The SMILES string of the molecule is CCN(CC)CCN(C(=O)c1cccc(C(F)(F)F)c1)c1nc2c(F)cc(F)cc2s1.Cl. The third-order valence-corrected chi connectivity index (χ3v) is 5.87. The molecule has 1 heterocycles. The summed E-state index contributed by atoms with van der Waals surface area (Å²) in [7, 11) is 0. The molecule has 4 nitrogen and oxygen atoms in total. The molecule has 0 saturated heterocycles. The van der Waals surface area contributed by atoms with Gasteiger partial charge < -0.3 is 4.90 Å². The van der Waals surface area contributed by atoms with Gasteiger partial charge in [0, 0.05) is 24.7 Å². The van der Waals surface area contributed by atoms with Crippen LogP contribution in [0.5, 0.6) is 0 Å². The van der Waals surface area contributed by atoms with Crippen LogP contribution < -0.4 is 4.90 Å². The van der Waals surface area contributed by atoms with Gasteiger partial charge in [0.1, 0.15) is 11.3 Å². The average molecular weight is 494 g/mol. The van der Waals surface area contributed by atoms with Crippen molar-refractivity contribution in [1.29, 1.82) is 0 Å². The van der Waals surface area contributed by atoms with Gasteiger partial charge in [-0.05, 0) is 37.4 Å². The molecule has 0 unspecified atom stereocenters. The second kappa shape index (κ2) is 10.5. The van der Waals surface area contributed by atoms with Gasteiger partial charge in [-0.15, -0.1) is 12.4 Å². The highest BCUT2D eigenvalue weighted by Crippen LogP contribution is 2.33. The number of hydrogen-bond donors (Lipinski definition) is 0. The molecular weight excluding hydrogens is 473 g/mol. The Hall–Kier alpha value is -2.30. The summed E-state index contributed by atoms with van der Waals surface area (Å²) in [5.74, 6) is -2.34. The summed E-state index contributed by atoms with van der Waals surface area (Å²) >= 11 is 0.907. The number of aromatic nitrogens is 1. The van der Waals surface area contributed by atoms with E-state index in [1.54, 1.807) is 0 Å². The molecule has 0 aliphatic heterocycles. The van der Waals surface area contributed by atoms with Crippen LogP contribution in [-0.4, -0.2) is 42.0 Å². The smallest absolute Gasteiger partial charge is 0.302 e. The Morgan fingerprint density at radius 1 is 1.06 bits per heavy atom. The van der Waals surface area contributed by atoms with E-state index in [9.17, 15) is 26.7 Å². The Labute approximate surface area is 192 Å². The molecule has 0 aliphatic carbocycles. The normalized spacial score (nSPS) is 11.6. The first-order chi connectivity index (χ1) is 14.6. The van der Waals surface area contributed by atoms with Crippen molar-refractivity contribution in [3.05, 3.63) is 59.2 Å². The summed E-state index contributed by atoms with van der Waals surface area (Å²) in [6, 6.07) is 5.91. The molecule has 3 aromatic rings. The minimum Gasteiger partial charge on any atom is -0.302 e. The van der Waals surface area contributed by atoms with Crippen LogP contribution in [0.25, 0.3) is 10.2 Å². The quantitative estimate of drug-likeness (QED) is 0.378. The average Bonchev–Trinajstić information content (AvgIpc) is 3.14. The number of anilines is 1. The van der Waals surface area contributed by atoms with Crippen LogP contribution in [0, 0.1) is 11.6 Å². The van der Waals surface area contributed by atoms with E-state index in [0.29, 0.717) is 25.7 Å². The highest BCUT2D eigenvalue weighted by atomic mass is 35.5. The summed E-state index contributed by atoms with van der Waals surface area (Å²) in [5.41, 5.74) is -1.20. The highest BCUT2D eigenvalue weighted by Gasteiger charge is 2.32. The second-order valence-electron chi connectivity index (χ2n) is 6.79. The summed E-state index contributed by atoms with van der Waals surface area (Å²) in [6.07, 6.45) is -4.60. The van der Waals surface area contributed by atoms with Gasteiger partial charge in [0.25, 0.3) is 5.91 Å². The number of thiazole rings is 1. The Morgan fingerprint density at radius 2 is 1.75 bits per heavy atom. The van der Waals surface area contributed by atoms with Crippen molar-refractivity contribution in [2.75, 3.05) is 31.1 Å². The van der Waals surface area contributed by atoms with Crippen LogP contribution >= 0.6 is 23.7 Å². The zero-order valence-electron chi connectivity index (χ0n) is 17.2.